The molecule has 1 aromatic carbocycles. The third-order valence-electron chi connectivity index (χ3n) is 7.58. The molecule has 7 nitrogen and oxygen atoms in total. The molecule has 2 N–H and O–H groups in total. The van der Waals surface area contributed by atoms with Crippen molar-refractivity contribution in [3.8, 4) is 0 Å². The van der Waals surface area contributed by atoms with Crippen molar-refractivity contribution in [2.75, 3.05) is 23.3 Å². The molecular weight excluding hydrogens is 412 g/mol. The van der Waals surface area contributed by atoms with E-state index in [1.54, 1.807) is 6.20 Å². The zero-order valence-corrected chi connectivity index (χ0v) is 18.2. The Morgan fingerprint density at radius 3 is 2.79 bits per heavy atom. The predicted octanol–water partition coefficient (Wildman–Crippen LogP) is 3.73. The summed E-state index contributed by atoms with van der Waals surface area (Å²) in [4.78, 5) is 32.8. The molecule has 1 amide bonds. The second-order valence-electron chi connectivity index (χ2n) is 9.52. The van der Waals surface area contributed by atoms with Crippen LogP contribution >= 0.6 is 0 Å². The molecule has 1 fully saturated rings. The van der Waals surface area contributed by atoms with E-state index >= 15 is 0 Å². The van der Waals surface area contributed by atoms with E-state index in [4.69, 9.17) is 4.98 Å². The van der Waals surface area contributed by atoms with Gasteiger partial charge in [-0.2, -0.15) is 0 Å². The van der Waals surface area contributed by atoms with Crippen LogP contribution in [-0.2, 0) is 23.1 Å². The number of aromatic amines is 1. The molecule has 1 saturated heterocycles. The maximum atomic E-state index is 13.0. The number of benzene rings is 1. The third kappa shape index (κ3) is 2.81. The Labute approximate surface area is 191 Å². The predicted molar refractivity (Wildman–Crippen MR) is 126 cm³/mol. The van der Waals surface area contributed by atoms with E-state index in [1.165, 1.54) is 11.1 Å². The van der Waals surface area contributed by atoms with Crippen LogP contribution in [0.15, 0.2) is 54.9 Å². The van der Waals surface area contributed by atoms with Crippen molar-refractivity contribution in [3.63, 3.8) is 0 Å². The molecule has 164 valence electrons. The van der Waals surface area contributed by atoms with Crippen LogP contribution in [0.2, 0.25) is 0 Å². The first-order valence-corrected chi connectivity index (χ1v) is 11.6. The number of hydrogen-bond donors (Lipinski definition) is 2. The number of piperidine rings is 1. The van der Waals surface area contributed by atoms with E-state index in [2.05, 4.69) is 43.4 Å². The van der Waals surface area contributed by atoms with E-state index in [0.717, 1.165) is 54.2 Å². The average Bonchev–Trinajstić information content (AvgIpc) is 3.52. The molecule has 3 aliphatic rings. The third-order valence-corrected chi connectivity index (χ3v) is 7.58. The van der Waals surface area contributed by atoms with Crippen LogP contribution in [-0.4, -0.2) is 38.9 Å². The van der Waals surface area contributed by atoms with Crippen molar-refractivity contribution >= 4 is 28.6 Å². The summed E-state index contributed by atoms with van der Waals surface area (Å²) >= 11 is 0. The molecule has 5 heterocycles. The Bertz CT molecular complexity index is 1350. The van der Waals surface area contributed by atoms with Gasteiger partial charge in [0.2, 0.25) is 5.91 Å². The van der Waals surface area contributed by atoms with Gasteiger partial charge in [0.25, 0.3) is 0 Å². The minimum absolute atomic E-state index is 0.0570. The Kier molecular flexibility index (Phi) is 3.92. The summed E-state index contributed by atoms with van der Waals surface area (Å²) in [5.74, 6) is 3.20. The van der Waals surface area contributed by atoms with Crippen LogP contribution in [0.1, 0.15) is 41.3 Å². The highest BCUT2D eigenvalue weighted by atomic mass is 16.2. The lowest BCUT2D eigenvalue weighted by Gasteiger charge is -2.32. The maximum absolute atomic E-state index is 13.0. The fourth-order valence-corrected chi connectivity index (χ4v) is 5.94. The zero-order valence-electron chi connectivity index (χ0n) is 18.2. The van der Waals surface area contributed by atoms with Crippen molar-refractivity contribution < 1.29 is 4.79 Å². The smallest absolute Gasteiger partial charge is 0.237 e. The molecular formula is C26H24N6O. The number of nitrogens with zero attached hydrogens (tertiary/aromatic N) is 4. The standard InChI is InChI=1S/C26H24N6O/c33-25-26(19-6-3-9-28-24(19)31-25)13-17-11-20-21(12-18(17)14-26)30-23(29-20)16-5-4-10-32(15-16)22-7-1-2-8-27-22/h1-3,6-9,11-12,16H,4-5,10,13-15H2,(H,29,30)(H,28,31,33). The van der Waals surface area contributed by atoms with Gasteiger partial charge >= 0.3 is 0 Å². The van der Waals surface area contributed by atoms with Crippen molar-refractivity contribution in [2.45, 2.75) is 37.0 Å². The summed E-state index contributed by atoms with van der Waals surface area (Å²) in [6.45, 7) is 1.95. The van der Waals surface area contributed by atoms with Crippen LogP contribution in [0.25, 0.3) is 11.0 Å². The minimum Gasteiger partial charge on any atom is -0.356 e. The largest absolute Gasteiger partial charge is 0.356 e. The lowest BCUT2D eigenvalue weighted by atomic mass is 9.79. The SMILES string of the molecule is O=C1Nc2ncccc2C12Cc1cc3nc(C4CCCN(c5ccccn5)C4)[nH]c3cc1C2. The number of nitrogens with one attached hydrogen (secondary N) is 2. The van der Waals surface area contributed by atoms with Gasteiger partial charge in [-0.25, -0.2) is 15.0 Å². The number of hydrogen-bond acceptors (Lipinski definition) is 5. The zero-order chi connectivity index (χ0) is 22.0. The second-order valence-corrected chi connectivity index (χ2v) is 9.52. The highest BCUT2D eigenvalue weighted by Crippen LogP contribution is 2.47. The molecule has 2 unspecified atom stereocenters. The number of imidazole rings is 1. The summed E-state index contributed by atoms with van der Waals surface area (Å²) in [6.07, 6.45) is 7.23. The normalized spacial score (nSPS) is 20.8. The van der Waals surface area contributed by atoms with E-state index in [9.17, 15) is 4.79 Å². The Morgan fingerprint density at radius 1 is 1.03 bits per heavy atom. The molecule has 1 aliphatic carbocycles. The van der Waals surface area contributed by atoms with Crippen LogP contribution in [0, 0.1) is 0 Å². The van der Waals surface area contributed by atoms with E-state index < -0.39 is 5.41 Å². The number of anilines is 2. The maximum Gasteiger partial charge on any atom is 0.237 e. The monoisotopic (exact) mass is 436 g/mol. The number of fused-ring (bicyclic) bond motifs is 4. The van der Waals surface area contributed by atoms with Crippen LogP contribution in [0.5, 0.6) is 0 Å². The van der Waals surface area contributed by atoms with Crippen molar-refractivity contribution in [2.24, 2.45) is 0 Å². The van der Waals surface area contributed by atoms with Gasteiger partial charge in [-0.3, -0.25) is 4.79 Å². The van der Waals surface area contributed by atoms with Gasteiger partial charge in [0, 0.05) is 37.0 Å². The molecule has 0 bridgehead atoms. The molecule has 33 heavy (non-hydrogen) atoms. The lowest BCUT2D eigenvalue weighted by Crippen LogP contribution is -2.35. The topological polar surface area (TPSA) is 86.8 Å². The van der Waals surface area contributed by atoms with Gasteiger partial charge in [0.05, 0.1) is 16.4 Å². The molecule has 7 rings (SSSR count). The molecule has 4 aromatic rings. The molecule has 0 radical (unpaired) electrons. The average molecular weight is 437 g/mol. The molecule has 3 aromatic heterocycles. The molecule has 0 saturated carbocycles. The number of H-pyrrole nitrogens is 1. The molecule has 2 atom stereocenters. The van der Waals surface area contributed by atoms with Crippen LogP contribution < -0.4 is 10.2 Å². The quantitative estimate of drug-likeness (QED) is 0.500. The van der Waals surface area contributed by atoms with Gasteiger partial charge in [-0.05, 0) is 67.1 Å². The summed E-state index contributed by atoms with van der Waals surface area (Å²) in [6, 6.07) is 14.4. The minimum atomic E-state index is -0.542. The van der Waals surface area contributed by atoms with Gasteiger partial charge < -0.3 is 15.2 Å². The highest BCUT2D eigenvalue weighted by Gasteiger charge is 2.51. The first kappa shape index (κ1) is 18.8. The number of amides is 1. The van der Waals surface area contributed by atoms with Gasteiger partial charge in [-0.1, -0.05) is 12.1 Å². The molecule has 7 heteroatoms. The fraction of sp³-hybridized carbons (Fsp3) is 0.308. The van der Waals surface area contributed by atoms with Crippen molar-refractivity contribution in [1.29, 1.82) is 0 Å². The highest BCUT2D eigenvalue weighted by molar-refractivity contribution is 6.06. The van der Waals surface area contributed by atoms with Crippen molar-refractivity contribution in [1.82, 2.24) is 19.9 Å². The molecule has 1 spiro atoms. The lowest BCUT2D eigenvalue weighted by molar-refractivity contribution is -0.120. The second kappa shape index (κ2) is 6.88. The first-order valence-electron chi connectivity index (χ1n) is 11.6. The van der Waals surface area contributed by atoms with Crippen molar-refractivity contribution in [3.05, 3.63) is 77.4 Å². The Morgan fingerprint density at radius 2 is 1.91 bits per heavy atom. The van der Waals surface area contributed by atoms with E-state index in [-0.39, 0.29) is 5.91 Å². The Balaban J connectivity index is 1.19. The summed E-state index contributed by atoms with van der Waals surface area (Å²) < 4.78 is 0. The number of pyridine rings is 2. The Hall–Kier alpha value is -3.74. The number of carbonyl (C=O) groups excluding carboxylic acids is 1. The van der Waals surface area contributed by atoms with Crippen LogP contribution in [0.4, 0.5) is 11.6 Å². The van der Waals surface area contributed by atoms with Crippen LogP contribution in [0.3, 0.4) is 0 Å². The number of aromatic nitrogens is 4. The molecule has 2 aliphatic heterocycles. The van der Waals surface area contributed by atoms with Gasteiger partial charge in [-0.15, -0.1) is 0 Å². The fourth-order valence-electron chi connectivity index (χ4n) is 5.94. The summed E-state index contributed by atoms with van der Waals surface area (Å²) in [7, 11) is 0. The number of rotatable bonds is 2. The number of carbonyl (C=O) groups is 1. The summed E-state index contributed by atoms with van der Waals surface area (Å²) in [5.41, 5.74) is 4.95. The van der Waals surface area contributed by atoms with Gasteiger partial charge in [0.1, 0.15) is 17.5 Å². The van der Waals surface area contributed by atoms with E-state index in [1.807, 2.05) is 30.5 Å². The van der Waals surface area contributed by atoms with Gasteiger partial charge in [0.15, 0.2) is 0 Å². The first-order chi connectivity index (χ1) is 16.2. The van der Waals surface area contributed by atoms with E-state index in [0.29, 0.717) is 24.6 Å². The summed E-state index contributed by atoms with van der Waals surface area (Å²) in [5, 5.41) is 2.99.